The van der Waals surface area contributed by atoms with Crippen LogP contribution in [0.15, 0.2) is 29.6 Å². The van der Waals surface area contributed by atoms with Crippen molar-refractivity contribution in [2.24, 2.45) is 5.92 Å². The van der Waals surface area contributed by atoms with Crippen LogP contribution in [0.3, 0.4) is 0 Å². The minimum Gasteiger partial charge on any atom is -0.462 e. The van der Waals surface area contributed by atoms with Crippen molar-refractivity contribution < 1.29 is 14.3 Å². The second-order valence-electron chi connectivity index (χ2n) is 7.55. The molecule has 26 heavy (non-hydrogen) atoms. The van der Waals surface area contributed by atoms with Crippen LogP contribution in [0, 0.1) is 5.92 Å². The van der Waals surface area contributed by atoms with Crippen molar-refractivity contribution in [1.82, 2.24) is 0 Å². The van der Waals surface area contributed by atoms with Gasteiger partial charge < -0.3 is 10.1 Å². The van der Waals surface area contributed by atoms with E-state index < -0.39 is 5.97 Å². The van der Waals surface area contributed by atoms with E-state index in [9.17, 15) is 9.59 Å². The Bertz CT molecular complexity index is 783. The van der Waals surface area contributed by atoms with Crippen molar-refractivity contribution in [1.29, 1.82) is 0 Å². The molecule has 2 rings (SSSR count). The summed E-state index contributed by atoms with van der Waals surface area (Å²) in [6.45, 7) is 12.2. The Balaban J connectivity index is 2.46. The fourth-order valence-electron chi connectivity index (χ4n) is 2.47. The van der Waals surface area contributed by atoms with Gasteiger partial charge in [0.05, 0.1) is 6.61 Å². The molecule has 1 N–H and O–H groups in total. The Hall–Kier alpha value is -2.14. The molecular formula is C21H27NO3S. The van der Waals surface area contributed by atoms with Gasteiger partial charge in [-0.3, -0.25) is 4.79 Å². The van der Waals surface area contributed by atoms with Crippen LogP contribution in [0.1, 0.15) is 57.5 Å². The first-order valence-electron chi connectivity index (χ1n) is 8.85. The van der Waals surface area contributed by atoms with Gasteiger partial charge in [-0.2, -0.15) is 0 Å². The van der Waals surface area contributed by atoms with E-state index in [0.29, 0.717) is 10.6 Å². The van der Waals surface area contributed by atoms with Gasteiger partial charge in [-0.05, 0) is 23.5 Å². The van der Waals surface area contributed by atoms with Crippen molar-refractivity contribution >= 4 is 28.2 Å². The van der Waals surface area contributed by atoms with Crippen molar-refractivity contribution in [2.75, 3.05) is 11.9 Å². The quantitative estimate of drug-likeness (QED) is 0.706. The number of esters is 1. The molecule has 0 aliphatic carbocycles. The van der Waals surface area contributed by atoms with Gasteiger partial charge in [-0.15, -0.1) is 11.3 Å². The molecule has 0 radical (unpaired) electrons. The van der Waals surface area contributed by atoms with E-state index in [4.69, 9.17) is 4.74 Å². The molecule has 0 unspecified atom stereocenters. The third-order valence-electron chi connectivity index (χ3n) is 4.09. The third-order valence-corrected chi connectivity index (χ3v) is 4.99. The van der Waals surface area contributed by atoms with Crippen LogP contribution in [0.2, 0.25) is 0 Å². The van der Waals surface area contributed by atoms with E-state index in [1.807, 2.05) is 31.4 Å². The van der Waals surface area contributed by atoms with Gasteiger partial charge in [0.2, 0.25) is 5.91 Å². The summed E-state index contributed by atoms with van der Waals surface area (Å²) in [7, 11) is 0. The number of carbonyl (C=O) groups excluding carboxylic acids is 2. The molecule has 0 fully saturated rings. The Morgan fingerprint density at radius 1 is 1.15 bits per heavy atom. The summed E-state index contributed by atoms with van der Waals surface area (Å²) in [5.74, 6) is -0.698. The van der Waals surface area contributed by atoms with Gasteiger partial charge in [-0.25, -0.2) is 4.79 Å². The van der Waals surface area contributed by atoms with Crippen LogP contribution in [0.5, 0.6) is 0 Å². The van der Waals surface area contributed by atoms with E-state index in [0.717, 1.165) is 11.1 Å². The molecule has 0 saturated heterocycles. The number of amides is 1. The van der Waals surface area contributed by atoms with Crippen LogP contribution in [0.4, 0.5) is 5.00 Å². The Morgan fingerprint density at radius 3 is 2.27 bits per heavy atom. The van der Waals surface area contributed by atoms with E-state index in [-0.39, 0.29) is 23.8 Å². The van der Waals surface area contributed by atoms with Crippen LogP contribution in [0.25, 0.3) is 11.1 Å². The Kier molecular flexibility index (Phi) is 6.24. The van der Waals surface area contributed by atoms with Crippen LogP contribution >= 0.6 is 11.3 Å². The highest BCUT2D eigenvalue weighted by atomic mass is 32.1. The molecule has 0 atom stereocenters. The SMILES string of the molecule is CCOC(=O)c1c(-c2ccc(C(C)(C)C)cc2)csc1NC(=O)C(C)C. The van der Waals surface area contributed by atoms with E-state index in [1.54, 1.807) is 6.92 Å². The van der Waals surface area contributed by atoms with Gasteiger partial charge in [0.1, 0.15) is 10.6 Å². The predicted molar refractivity (Wildman–Crippen MR) is 108 cm³/mol. The maximum absolute atomic E-state index is 12.5. The fourth-order valence-corrected chi connectivity index (χ4v) is 3.43. The number of ether oxygens (including phenoxy) is 1. The summed E-state index contributed by atoms with van der Waals surface area (Å²) in [5, 5.41) is 5.29. The van der Waals surface area contributed by atoms with Crippen LogP contribution in [-0.4, -0.2) is 18.5 Å². The lowest BCUT2D eigenvalue weighted by Crippen LogP contribution is -2.19. The van der Waals surface area contributed by atoms with Crippen molar-refractivity contribution in [3.63, 3.8) is 0 Å². The van der Waals surface area contributed by atoms with Crippen LogP contribution < -0.4 is 5.32 Å². The summed E-state index contributed by atoms with van der Waals surface area (Å²) in [6, 6.07) is 8.18. The first kappa shape index (κ1) is 20.2. The zero-order chi connectivity index (χ0) is 19.5. The second-order valence-corrected chi connectivity index (χ2v) is 8.42. The molecule has 4 nitrogen and oxygen atoms in total. The molecule has 1 aromatic carbocycles. The Labute approximate surface area is 159 Å². The first-order valence-corrected chi connectivity index (χ1v) is 9.73. The average Bonchev–Trinajstić information content (AvgIpc) is 2.98. The third kappa shape index (κ3) is 4.52. The lowest BCUT2D eigenvalue weighted by atomic mass is 9.86. The molecule has 0 aliphatic rings. The van der Waals surface area contributed by atoms with E-state index >= 15 is 0 Å². The molecule has 5 heteroatoms. The normalized spacial score (nSPS) is 11.5. The van der Waals surface area contributed by atoms with Gasteiger partial charge in [-0.1, -0.05) is 58.9 Å². The molecule has 1 amide bonds. The van der Waals surface area contributed by atoms with Crippen molar-refractivity contribution in [3.05, 3.63) is 40.8 Å². The molecule has 0 aliphatic heterocycles. The van der Waals surface area contributed by atoms with Gasteiger partial charge >= 0.3 is 5.97 Å². The number of nitrogens with one attached hydrogen (secondary N) is 1. The molecule has 0 spiro atoms. The number of carbonyl (C=O) groups is 2. The number of thiophene rings is 1. The summed E-state index contributed by atoms with van der Waals surface area (Å²) >= 11 is 1.35. The van der Waals surface area contributed by atoms with Gasteiger partial charge in [0.15, 0.2) is 0 Å². The molecule has 0 saturated carbocycles. The summed E-state index contributed by atoms with van der Waals surface area (Å²) < 4.78 is 5.23. The van der Waals surface area contributed by atoms with Crippen molar-refractivity contribution in [3.8, 4) is 11.1 Å². The Morgan fingerprint density at radius 2 is 1.77 bits per heavy atom. The fraction of sp³-hybridized carbons (Fsp3) is 0.429. The molecule has 0 bridgehead atoms. The van der Waals surface area contributed by atoms with Gasteiger partial charge in [0, 0.05) is 16.9 Å². The zero-order valence-electron chi connectivity index (χ0n) is 16.3. The minimum absolute atomic E-state index is 0.0630. The number of anilines is 1. The molecule has 1 heterocycles. The highest BCUT2D eigenvalue weighted by Gasteiger charge is 2.23. The summed E-state index contributed by atoms with van der Waals surface area (Å²) in [6.07, 6.45) is 0. The van der Waals surface area contributed by atoms with E-state index in [2.05, 4.69) is 38.2 Å². The van der Waals surface area contributed by atoms with Gasteiger partial charge in [0.25, 0.3) is 0 Å². The van der Waals surface area contributed by atoms with E-state index in [1.165, 1.54) is 16.9 Å². The summed E-state index contributed by atoms with van der Waals surface area (Å²) in [4.78, 5) is 24.6. The summed E-state index contributed by atoms with van der Waals surface area (Å²) in [5.41, 5.74) is 3.43. The van der Waals surface area contributed by atoms with Crippen molar-refractivity contribution in [2.45, 2.75) is 47.0 Å². The monoisotopic (exact) mass is 373 g/mol. The largest absolute Gasteiger partial charge is 0.462 e. The topological polar surface area (TPSA) is 55.4 Å². The zero-order valence-corrected chi connectivity index (χ0v) is 17.1. The van der Waals surface area contributed by atoms with Crippen LogP contribution in [-0.2, 0) is 14.9 Å². The smallest absolute Gasteiger partial charge is 0.341 e. The number of rotatable bonds is 5. The molecule has 140 valence electrons. The minimum atomic E-state index is -0.414. The lowest BCUT2D eigenvalue weighted by Gasteiger charge is -2.19. The highest BCUT2D eigenvalue weighted by molar-refractivity contribution is 7.15. The number of hydrogen-bond donors (Lipinski definition) is 1. The second kappa shape index (κ2) is 8.04. The molecule has 1 aromatic heterocycles. The average molecular weight is 374 g/mol. The maximum Gasteiger partial charge on any atom is 0.341 e. The molecular weight excluding hydrogens is 346 g/mol. The number of benzene rings is 1. The number of hydrogen-bond acceptors (Lipinski definition) is 4. The first-order chi connectivity index (χ1) is 12.1. The lowest BCUT2D eigenvalue weighted by molar-refractivity contribution is -0.118. The maximum atomic E-state index is 12.5. The molecule has 2 aromatic rings. The predicted octanol–water partition coefficient (Wildman–Crippen LogP) is 5.48. The standard InChI is InChI=1S/C21H27NO3S/c1-7-25-20(24)17-16(12-26-19(17)22-18(23)13(2)3)14-8-10-15(11-9-14)21(4,5)6/h8-13H,7H2,1-6H3,(H,22,23). The highest BCUT2D eigenvalue weighted by Crippen LogP contribution is 2.37.